The van der Waals surface area contributed by atoms with E-state index < -0.39 is 9.84 Å². The highest BCUT2D eigenvalue weighted by Gasteiger charge is 2.29. The zero-order valence-electron chi connectivity index (χ0n) is 10.8. The van der Waals surface area contributed by atoms with Crippen molar-refractivity contribution in [2.75, 3.05) is 12.3 Å². The van der Waals surface area contributed by atoms with Crippen molar-refractivity contribution in [2.45, 2.75) is 63.2 Å². The smallest absolute Gasteiger partial charge is 0.154 e. The molecule has 0 aromatic heterocycles. The second-order valence-electron chi connectivity index (χ2n) is 5.71. The molecule has 0 amide bonds. The van der Waals surface area contributed by atoms with Crippen LogP contribution >= 0.6 is 0 Å². The van der Waals surface area contributed by atoms with Gasteiger partial charge in [0.2, 0.25) is 0 Å². The van der Waals surface area contributed by atoms with E-state index in [2.05, 4.69) is 12.2 Å². The van der Waals surface area contributed by atoms with Crippen LogP contribution in [0, 0.1) is 5.92 Å². The van der Waals surface area contributed by atoms with Crippen molar-refractivity contribution in [3.63, 3.8) is 0 Å². The van der Waals surface area contributed by atoms with Crippen molar-refractivity contribution in [2.24, 2.45) is 5.92 Å². The number of sulfone groups is 1. The predicted octanol–water partition coefficient (Wildman–Crippen LogP) is 2.12. The Kier molecular flexibility index (Phi) is 4.47. The van der Waals surface area contributed by atoms with E-state index in [0.29, 0.717) is 18.3 Å². The van der Waals surface area contributed by atoms with Crippen LogP contribution in [0.3, 0.4) is 0 Å². The molecule has 4 heteroatoms. The van der Waals surface area contributed by atoms with Crippen LogP contribution in [0.2, 0.25) is 0 Å². The van der Waals surface area contributed by atoms with Gasteiger partial charge in [0.1, 0.15) is 0 Å². The molecular formula is C13H25NO2S. The molecule has 1 N–H and O–H groups in total. The molecule has 0 radical (unpaired) electrons. The maximum Gasteiger partial charge on any atom is 0.154 e. The standard InChI is InChI=1S/C13H25NO2S/c1-11(12-7-8-12)14-9-10-17(15,16)13-5-3-2-4-6-13/h11-14H,2-10H2,1H3. The van der Waals surface area contributed by atoms with E-state index in [1.165, 1.54) is 19.3 Å². The van der Waals surface area contributed by atoms with Crippen molar-refractivity contribution in [3.05, 3.63) is 0 Å². The molecule has 2 saturated carbocycles. The molecule has 1 atom stereocenters. The van der Waals surface area contributed by atoms with Crippen molar-refractivity contribution in [3.8, 4) is 0 Å². The van der Waals surface area contributed by atoms with Crippen LogP contribution in [-0.2, 0) is 9.84 Å². The summed E-state index contributed by atoms with van der Waals surface area (Å²) in [6.07, 6.45) is 7.79. The lowest BCUT2D eigenvalue weighted by atomic mass is 10.0. The minimum Gasteiger partial charge on any atom is -0.313 e. The van der Waals surface area contributed by atoms with Crippen LogP contribution in [0.5, 0.6) is 0 Å². The Labute approximate surface area is 105 Å². The first-order valence-corrected chi connectivity index (χ1v) is 8.76. The third-order valence-electron chi connectivity index (χ3n) is 4.24. The van der Waals surface area contributed by atoms with E-state index in [4.69, 9.17) is 0 Å². The molecule has 2 aliphatic rings. The molecule has 17 heavy (non-hydrogen) atoms. The van der Waals surface area contributed by atoms with E-state index in [9.17, 15) is 8.42 Å². The van der Waals surface area contributed by atoms with E-state index in [1.54, 1.807) is 0 Å². The van der Waals surface area contributed by atoms with Crippen LogP contribution in [0.25, 0.3) is 0 Å². The van der Waals surface area contributed by atoms with Crippen LogP contribution < -0.4 is 5.32 Å². The maximum atomic E-state index is 12.1. The molecule has 0 saturated heterocycles. The Morgan fingerprint density at radius 1 is 1.12 bits per heavy atom. The SMILES string of the molecule is CC(NCCS(=O)(=O)C1CCCCC1)C1CC1. The Bertz CT molecular complexity index is 329. The maximum absolute atomic E-state index is 12.1. The van der Waals surface area contributed by atoms with Gasteiger partial charge in [-0.05, 0) is 38.5 Å². The fraction of sp³-hybridized carbons (Fsp3) is 1.00. The number of nitrogens with one attached hydrogen (secondary N) is 1. The van der Waals surface area contributed by atoms with Crippen molar-refractivity contribution in [1.29, 1.82) is 0 Å². The van der Waals surface area contributed by atoms with E-state index in [0.717, 1.165) is 31.6 Å². The monoisotopic (exact) mass is 259 g/mol. The minimum absolute atomic E-state index is 0.0470. The van der Waals surface area contributed by atoms with Crippen LogP contribution in [-0.4, -0.2) is 32.0 Å². The fourth-order valence-electron chi connectivity index (χ4n) is 2.78. The normalized spacial score (nSPS) is 24.8. The first-order valence-electron chi connectivity index (χ1n) is 7.04. The second kappa shape index (κ2) is 5.70. The molecular weight excluding hydrogens is 234 g/mol. The summed E-state index contributed by atoms with van der Waals surface area (Å²) < 4.78 is 24.2. The van der Waals surface area contributed by atoms with Gasteiger partial charge in [-0.1, -0.05) is 19.3 Å². The lowest BCUT2D eigenvalue weighted by Gasteiger charge is -2.22. The Hall–Kier alpha value is -0.0900. The number of hydrogen-bond donors (Lipinski definition) is 1. The second-order valence-corrected chi connectivity index (χ2v) is 8.11. The zero-order valence-corrected chi connectivity index (χ0v) is 11.6. The molecule has 0 heterocycles. The molecule has 100 valence electrons. The van der Waals surface area contributed by atoms with Gasteiger partial charge in [-0.25, -0.2) is 8.42 Å². The third kappa shape index (κ3) is 3.95. The summed E-state index contributed by atoms with van der Waals surface area (Å²) in [6.45, 7) is 2.81. The molecule has 1 unspecified atom stereocenters. The van der Waals surface area contributed by atoms with Crippen molar-refractivity contribution >= 4 is 9.84 Å². The van der Waals surface area contributed by atoms with E-state index >= 15 is 0 Å². The Balaban J connectivity index is 1.72. The van der Waals surface area contributed by atoms with Crippen molar-refractivity contribution < 1.29 is 8.42 Å². The van der Waals surface area contributed by atoms with Crippen molar-refractivity contribution in [1.82, 2.24) is 5.32 Å². The van der Waals surface area contributed by atoms with Gasteiger partial charge in [0.05, 0.1) is 11.0 Å². The lowest BCUT2D eigenvalue weighted by Crippen LogP contribution is -2.35. The summed E-state index contributed by atoms with van der Waals surface area (Å²) in [4.78, 5) is 0. The largest absolute Gasteiger partial charge is 0.313 e. The highest BCUT2D eigenvalue weighted by atomic mass is 32.2. The molecule has 3 nitrogen and oxygen atoms in total. The average molecular weight is 259 g/mol. The van der Waals surface area contributed by atoms with Crippen LogP contribution in [0.1, 0.15) is 51.9 Å². The van der Waals surface area contributed by atoms with E-state index in [-0.39, 0.29) is 5.25 Å². The van der Waals surface area contributed by atoms with Crippen LogP contribution in [0.15, 0.2) is 0 Å². The molecule has 0 spiro atoms. The summed E-state index contributed by atoms with van der Waals surface area (Å²) in [5.41, 5.74) is 0. The first kappa shape index (κ1) is 13.3. The Morgan fingerprint density at radius 2 is 1.76 bits per heavy atom. The molecule has 2 aliphatic carbocycles. The summed E-state index contributed by atoms with van der Waals surface area (Å²) in [5.74, 6) is 1.13. The van der Waals surface area contributed by atoms with Gasteiger partial charge < -0.3 is 5.32 Å². The van der Waals surface area contributed by atoms with Gasteiger partial charge in [0, 0.05) is 12.6 Å². The summed E-state index contributed by atoms with van der Waals surface area (Å²) >= 11 is 0. The first-order chi connectivity index (χ1) is 8.09. The molecule has 0 aromatic rings. The summed E-state index contributed by atoms with van der Waals surface area (Å²) in [6, 6.07) is 0.497. The topological polar surface area (TPSA) is 46.2 Å². The van der Waals surface area contributed by atoms with Gasteiger partial charge in [-0.15, -0.1) is 0 Å². The number of rotatable bonds is 6. The number of hydrogen-bond acceptors (Lipinski definition) is 3. The fourth-order valence-corrected chi connectivity index (χ4v) is 4.57. The Morgan fingerprint density at radius 3 is 2.35 bits per heavy atom. The van der Waals surface area contributed by atoms with Gasteiger partial charge in [-0.3, -0.25) is 0 Å². The van der Waals surface area contributed by atoms with Gasteiger partial charge in [0.15, 0.2) is 9.84 Å². The van der Waals surface area contributed by atoms with E-state index in [1.807, 2.05) is 0 Å². The van der Waals surface area contributed by atoms with Gasteiger partial charge in [-0.2, -0.15) is 0 Å². The van der Waals surface area contributed by atoms with Crippen LogP contribution in [0.4, 0.5) is 0 Å². The zero-order chi connectivity index (χ0) is 12.3. The molecule has 2 rings (SSSR count). The van der Waals surface area contributed by atoms with Gasteiger partial charge in [0.25, 0.3) is 0 Å². The summed E-state index contributed by atoms with van der Waals surface area (Å²) in [7, 11) is -2.85. The molecule has 0 bridgehead atoms. The minimum atomic E-state index is -2.85. The average Bonchev–Trinajstić information content (AvgIpc) is 3.14. The highest BCUT2D eigenvalue weighted by Crippen LogP contribution is 2.32. The summed E-state index contributed by atoms with van der Waals surface area (Å²) in [5, 5.41) is 3.31. The quantitative estimate of drug-likeness (QED) is 0.795. The molecule has 0 aliphatic heterocycles. The lowest BCUT2D eigenvalue weighted by molar-refractivity contribution is 0.477. The highest BCUT2D eigenvalue weighted by molar-refractivity contribution is 7.92. The predicted molar refractivity (Wildman–Crippen MR) is 70.8 cm³/mol. The third-order valence-corrected chi connectivity index (χ3v) is 6.50. The molecule has 0 aromatic carbocycles. The van der Waals surface area contributed by atoms with Gasteiger partial charge >= 0.3 is 0 Å². The molecule has 2 fully saturated rings.